The largest absolute Gasteiger partial charge is 0.476 e. The number of thiazole rings is 1. The molecule has 0 aliphatic heterocycles. The Kier molecular flexibility index (Phi) is 3.25. The lowest BCUT2D eigenvalue weighted by molar-refractivity contribution is 0.0691. The van der Waals surface area contributed by atoms with Gasteiger partial charge in [-0.1, -0.05) is 11.6 Å². The van der Waals surface area contributed by atoms with Crippen LogP contribution in [-0.4, -0.2) is 21.0 Å². The van der Waals surface area contributed by atoms with Gasteiger partial charge in [0.05, 0.1) is 16.2 Å². The molecule has 2 aromatic heterocycles. The van der Waals surface area contributed by atoms with Crippen molar-refractivity contribution in [3.8, 4) is 0 Å². The molecule has 0 amide bonds. The highest BCUT2D eigenvalue weighted by Gasteiger charge is 2.11. The molecule has 0 aliphatic carbocycles. The van der Waals surface area contributed by atoms with Gasteiger partial charge in [0.25, 0.3) is 0 Å². The maximum absolute atomic E-state index is 10.8. The molecule has 0 aliphatic rings. The zero-order valence-electron chi connectivity index (χ0n) is 10.0. The van der Waals surface area contributed by atoms with Gasteiger partial charge in [0.2, 0.25) is 0 Å². The van der Waals surface area contributed by atoms with E-state index in [2.05, 4.69) is 15.3 Å². The molecule has 5 nitrogen and oxygen atoms in total. The maximum Gasteiger partial charge on any atom is 0.355 e. The Balaban J connectivity index is 2.02. The van der Waals surface area contributed by atoms with E-state index in [9.17, 15) is 4.79 Å². The second-order valence-corrected chi connectivity index (χ2v) is 5.23. The lowest BCUT2D eigenvalue weighted by Crippen LogP contribution is -1.97. The van der Waals surface area contributed by atoms with E-state index >= 15 is 0 Å². The Hall–Kier alpha value is -2.18. The highest BCUT2D eigenvalue weighted by molar-refractivity contribution is 7.14. The molecule has 100 valence electrons. The molecule has 0 atom stereocenters. The lowest BCUT2D eigenvalue weighted by Gasteiger charge is -2.07. The molecule has 3 aromatic rings. The smallest absolute Gasteiger partial charge is 0.355 e. The van der Waals surface area contributed by atoms with Crippen LogP contribution in [0.3, 0.4) is 0 Å². The summed E-state index contributed by atoms with van der Waals surface area (Å²) < 4.78 is 0. The number of halogens is 1. The number of aromatic carboxylic acids is 1. The number of rotatable bonds is 3. The van der Waals surface area contributed by atoms with Gasteiger partial charge in [-0.05, 0) is 24.3 Å². The molecule has 2 N–H and O–H groups in total. The van der Waals surface area contributed by atoms with E-state index in [-0.39, 0.29) is 5.69 Å². The van der Waals surface area contributed by atoms with Gasteiger partial charge < -0.3 is 10.4 Å². The molecular formula is C13H8ClN3O2S. The van der Waals surface area contributed by atoms with Crippen molar-refractivity contribution < 1.29 is 9.90 Å². The normalized spacial score (nSPS) is 10.7. The van der Waals surface area contributed by atoms with E-state index in [1.54, 1.807) is 18.3 Å². The Bertz CT molecular complexity index is 803. The van der Waals surface area contributed by atoms with Gasteiger partial charge in [-0.25, -0.2) is 9.78 Å². The zero-order valence-corrected chi connectivity index (χ0v) is 11.6. The fourth-order valence-electron chi connectivity index (χ4n) is 1.78. The summed E-state index contributed by atoms with van der Waals surface area (Å²) in [5, 5.41) is 15.4. The molecule has 0 fully saturated rings. The van der Waals surface area contributed by atoms with Crippen LogP contribution in [0.2, 0.25) is 5.02 Å². The molecule has 0 saturated heterocycles. The average molecular weight is 306 g/mol. The van der Waals surface area contributed by atoms with E-state index in [1.807, 2.05) is 12.1 Å². The van der Waals surface area contributed by atoms with Crippen molar-refractivity contribution in [1.82, 2.24) is 9.97 Å². The predicted octanol–water partition coefficient (Wildman–Crippen LogP) is 3.79. The molecule has 0 unspecified atom stereocenters. The Labute approximate surface area is 122 Å². The summed E-state index contributed by atoms with van der Waals surface area (Å²) >= 11 is 7.34. The first-order valence-electron chi connectivity index (χ1n) is 5.64. The number of carboxylic acids is 1. The standard InChI is InChI=1S/C13H8ClN3O2S/c14-8-3-4-9(11-7(8)2-1-5-15-11)16-13-17-10(6-20-13)12(18)19/h1-6H,(H,16,17)(H,18,19). The number of nitrogens with one attached hydrogen (secondary N) is 1. The zero-order chi connectivity index (χ0) is 14.1. The molecule has 0 bridgehead atoms. The number of fused-ring (bicyclic) bond motifs is 1. The minimum Gasteiger partial charge on any atom is -0.476 e. The van der Waals surface area contributed by atoms with Crippen LogP contribution in [0.25, 0.3) is 10.9 Å². The monoisotopic (exact) mass is 305 g/mol. The topological polar surface area (TPSA) is 75.1 Å². The molecule has 0 spiro atoms. The third-order valence-electron chi connectivity index (χ3n) is 2.68. The number of nitrogens with zero attached hydrogens (tertiary/aromatic N) is 2. The minimum absolute atomic E-state index is 0.0173. The number of carboxylic acid groups (broad SMARTS) is 1. The van der Waals surface area contributed by atoms with Crippen LogP contribution in [0.1, 0.15) is 10.5 Å². The third-order valence-corrected chi connectivity index (χ3v) is 3.77. The van der Waals surface area contributed by atoms with Crippen molar-refractivity contribution in [2.45, 2.75) is 0 Å². The molecule has 0 radical (unpaired) electrons. The number of hydrogen-bond acceptors (Lipinski definition) is 5. The van der Waals surface area contributed by atoms with Crippen molar-refractivity contribution >= 4 is 50.6 Å². The summed E-state index contributed by atoms with van der Waals surface area (Å²) in [6.07, 6.45) is 1.67. The highest BCUT2D eigenvalue weighted by Crippen LogP contribution is 2.30. The van der Waals surface area contributed by atoms with Crippen LogP contribution in [0.5, 0.6) is 0 Å². The molecule has 0 saturated carbocycles. The second-order valence-electron chi connectivity index (χ2n) is 3.96. The molecule has 20 heavy (non-hydrogen) atoms. The molecule has 7 heteroatoms. The number of hydrogen-bond donors (Lipinski definition) is 2. The van der Waals surface area contributed by atoms with E-state index in [0.29, 0.717) is 15.7 Å². The minimum atomic E-state index is -1.05. The molecular weight excluding hydrogens is 298 g/mol. The first-order valence-corrected chi connectivity index (χ1v) is 6.90. The number of aromatic nitrogens is 2. The van der Waals surface area contributed by atoms with Gasteiger partial charge in [0.1, 0.15) is 0 Å². The van der Waals surface area contributed by atoms with Gasteiger partial charge >= 0.3 is 5.97 Å². The molecule has 3 rings (SSSR count). The van der Waals surface area contributed by atoms with Crippen LogP contribution >= 0.6 is 22.9 Å². The number of pyridine rings is 1. The van der Waals surface area contributed by atoms with Gasteiger partial charge in [-0.15, -0.1) is 11.3 Å². The van der Waals surface area contributed by atoms with Gasteiger partial charge in [0, 0.05) is 17.0 Å². The van der Waals surface area contributed by atoms with Crippen molar-refractivity contribution in [3.63, 3.8) is 0 Å². The summed E-state index contributed by atoms with van der Waals surface area (Å²) in [4.78, 5) is 19.1. The summed E-state index contributed by atoms with van der Waals surface area (Å²) in [5.74, 6) is -1.05. The van der Waals surface area contributed by atoms with Crippen LogP contribution in [0, 0.1) is 0 Å². The lowest BCUT2D eigenvalue weighted by atomic mass is 10.2. The summed E-state index contributed by atoms with van der Waals surface area (Å²) in [6.45, 7) is 0. The van der Waals surface area contributed by atoms with Crippen LogP contribution in [-0.2, 0) is 0 Å². The van der Waals surface area contributed by atoms with Crippen molar-refractivity contribution in [3.05, 3.63) is 46.6 Å². The van der Waals surface area contributed by atoms with Crippen LogP contribution < -0.4 is 5.32 Å². The number of carbonyl (C=O) groups is 1. The van der Waals surface area contributed by atoms with E-state index in [4.69, 9.17) is 16.7 Å². The fraction of sp³-hybridized carbons (Fsp3) is 0. The maximum atomic E-state index is 10.8. The Morgan fingerprint density at radius 2 is 2.20 bits per heavy atom. The summed E-state index contributed by atoms with van der Waals surface area (Å²) in [6, 6.07) is 7.24. The average Bonchev–Trinajstić information content (AvgIpc) is 2.91. The van der Waals surface area contributed by atoms with Crippen LogP contribution in [0.15, 0.2) is 35.8 Å². The Morgan fingerprint density at radius 3 is 2.95 bits per heavy atom. The molecule has 2 heterocycles. The number of anilines is 2. The quantitative estimate of drug-likeness (QED) is 0.770. The molecule has 1 aromatic carbocycles. The van der Waals surface area contributed by atoms with Gasteiger partial charge in [0.15, 0.2) is 10.8 Å². The fourth-order valence-corrected chi connectivity index (χ4v) is 2.70. The van der Waals surface area contributed by atoms with Gasteiger partial charge in [-0.2, -0.15) is 0 Å². The third kappa shape index (κ3) is 2.31. The Morgan fingerprint density at radius 1 is 1.35 bits per heavy atom. The van der Waals surface area contributed by atoms with E-state index in [0.717, 1.165) is 11.1 Å². The van der Waals surface area contributed by atoms with E-state index in [1.165, 1.54) is 16.7 Å². The first kappa shape index (κ1) is 12.8. The SMILES string of the molecule is O=C(O)c1csc(Nc2ccc(Cl)c3cccnc23)n1. The first-order chi connectivity index (χ1) is 9.65. The highest BCUT2D eigenvalue weighted by atomic mass is 35.5. The second kappa shape index (κ2) is 5.07. The van der Waals surface area contributed by atoms with Crippen molar-refractivity contribution in [2.24, 2.45) is 0 Å². The van der Waals surface area contributed by atoms with E-state index < -0.39 is 5.97 Å². The summed E-state index contributed by atoms with van der Waals surface area (Å²) in [7, 11) is 0. The predicted molar refractivity (Wildman–Crippen MR) is 79.1 cm³/mol. The van der Waals surface area contributed by atoms with Gasteiger partial charge in [-0.3, -0.25) is 4.98 Å². The summed E-state index contributed by atoms with van der Waals surface area (Å²) in [5.41, 5.74) is 1.46. The number of benzene rings is 1. The van der Waals surface area contributed by atoms with Crippen molar-refractivity contribution in [2.75, 3.05) is 5.32 Å². The van der Waals surface area contributed by atoms with Crippen molar-refractivity contribution in [1.29, 1.82) is 0 Å². The van der Waals surface area contributed by atoms with Crippen LogP contribution in [0.4, 0.5) is 10.8 Å².